The Morgan fingerprint density at radius 2 is 0.708 bits per heavy atom. The molecule has 336 valence electrons. The first-order chi connectivity index (χ1) is 35.7. The summed E-state index contributed by atoms with van der Waals surface area (Å²) in [4.78, 5) is 2.40. The van der Waals surface area contributed by atoms with Gasteiger partial charge in [0.2, 0.25) is 0 Å². The minimum Gasteiger partial charge on any atom is -0.455 e. The molecule has 0 atom stereocenters. The summed E-state index contributed by atoms with van der Waals surface area (Å²) in [6.45, 7) is 0. The van der Waals surface area contributed by atoms with E-state index >= 15 is 0 Å². The molecule has 1 aliphatic heterocycles. The van der Waals surface area contributed by atoms with E-state index in [2.05, 4.69) is 278 Å². The molecule has 0 unspecified atom stereocenters. The maximum atomic E-state index is 7.23. The maximum Gasteiger partial charge on any atom is 0.140 e. The fourth-order valence-corrected chi connectivity index (χ4v) is 13.0. The number of anilines is 3. The number of hydrogen-bond acceptors (Lipinski definition) is 2. The monoisotopic (exact) mass is 915 g/mol. The molecule has 3 aliphatic rings. The molecule has 2 aliphatic carbocycles. The van der Waals surface area contributed by atoms with Gasteiger partial charge in [-0.05, 0) is 120 Å². The highest BCUT2D eigenvalue weighted by Gasteiger charge is 2.52. The summed E-state index contributed by atoms with van der Waals surface area (Å²) >= 11 is 0. The Kier molecular flexibility index (Phi) is 8.82. The third-order valence-corrected chi connectivity index (χ3v) is 16.0. The summed E-state index contributed by atoms with van der Waals surface area (Å²) in [5.41, 5.74) is 19.6. The zero-order chi connectivity index (χ0) is 47.4. The van der Waals surface area contributed by atoms with Crippen LogP contribution < -0.4 is 9.64 Å². The van der Waals surface area contributed by atoms with E-state index in [0.29, 0.717) is 0 Å². The SMILES string of the molecule is c1ccc(N(c2ccc(-c3ccc4c(c3)C3(c5ccccc5-4)c4ccc5ccccc5c4Oc4c3ccc3ccccc43)cc2)c2ccc3c(c2)-c2ccccc2C3(c2ccccc2)c2ccccc2)cc1. The second kappa shape index (κ2) is 15.6. The van der Waals surface area contributed by atoms with Crippen LogP contribution in [0.4, 0.5) is 17.1 Å². The van der Waals surface area contributed by atoms with E-state index in [1.165, 1.54) is 72.3 Å². The lowest BCUT2D eigenvalue weighted by Gasteiger charge is -2.40. The normalized spacial score (nSPS) is 13.9. The van der Waals surface area contributed by atoms with Gasteiger partial charge in [0.1, 0.15) is 11.5 Å². The summed E-state index contributed by atoms with van der Waals surface area (Å²) < 4.78 is 7.23. The number of benzene rings is 12. The van der Waals surface area contributed by atoms with Crippen molar-refractivity contribution in [2.24, 2.45) is 0 Å². The Hall–Kier alpha value is -9.24. The van der Waals surface area contributed by atoms with Gasteiger partial charge in [0, 0.05) is 39.0 Å². The van der Waals surface area contributed by atoms with Crippen molar-refractivity contribution in [3.05, 3.63) is 317 Å². The predicted molar refractivity (Wildman–Crippen MR) is 296 cm³/mol. The summed E-state index contributed by atoms with van der Waals surface area (Å²) in [6.07, 6.45) is 0. The lowest BCUT2D eigenvalue weighted by Crippen LogP contribution is -2.32. The molecular weight excluding hydrogens is 871 g/mol. The summed E-state index contributed by atoms with van der Waals surface area (Å²) in [6, 6.07) is 101. The molecule has 2 nitrogen and oxygen atoms in total. The molecule has 12 aromatic carbocycles. The largest absolute Gasteiger partial charge is 0.455 e. The number of para-hydroxylation sites is 1. The molecular formula is C70H45NO. The number of ether oxygens (including phenoxy) is 1. The summed E-state index contributed by atoms with van der Waals surface area (Å²) in [5, 5.41) is 4.56. The molecule has 0 fully saturated rings. The van der Waals surface area contributed by atoms with Crippen LogP contribution in [0.1, 0.15) is 44.5 Å². The van der Waals surface area contributed by atoms with Crippen molar-refractivity contribution in [3.63, 3.8) is 0 Å². The Balaban J connectivity index is 0.889. The molecule has 0 saturated heterocycles. The zero-order valence-electron chi connectivity index (χ0n) is 39.3. The van der Waals surface area contributed by atoms with Gasteiger partial charge in [-0.15, -0.1) is 0 Å². The highest BCUT2D eigenvalue weighted by molar-refractivity contribution is 6.00. The molecule has 0 aromatic heterocycles. The predicted octanol–water partition coefficient (Wildman–Crippen LogP) is 18.0. The molecule has 0 bridgehead atoms. The topological polar surface area (TPSA) is 12.5 Å². The van der Waals surface area contributed by atoms with E-state index in [1.54, 1.807) is 0 Å². The average Bonchev–Trinajstić information content (AvgIpc) is 3.92. The van der Waals surface area contributed by atoms with E-state index in [9.17, 15) is 0 Å². The minimum atomic E-state index is -0.617. The van der Waals surface area contributed by atoms with Crippen molar-refractivity contribution < 1.29 is 4.74 Å². The van der Waals surface area contributed by atoms with Crippen LogP contribution in [-0.4, -0.2) is 0 Å². The molecule has 72 heavy (non-hydrogen) atoms. The van der Waals surface area contributed by atoms with Crippen LogP contribution >= 0.6 is 0 Å². The van der Waals surface area contributed by atoms with Gasteiger partial charge in [-0.25, -0.2) is 0 Å². The molecule has 1 spiro atoms. The number of hydrogen-bond donors (Lipinski definition) is 0. The van der Waals surface area contributed by atoms with E-state index in [0.717, 1.165) is 55.7 Å². The third kappa shape index (κ3) is 5.60. The van der Waals surface area contributed by atoms with Crippen LogP contribution in [-0.2, 0) is 10.8 Å². The quantitative estimate of drug-likeness (QED) is 0.165. The van der Waals surface area contributed by atoms with E-state index in [-0.39, 0.29) is 0 Å². The molecule has 12 aromatic rings. The van der Waals surface area contributed by atoms with Gasteiger partial charge in [0.15, 0.2) is 0 Å². The highest BCUT2D eigenvalue weighted by atomic mass is 16.5. The van der Waals surface area contributed by atoms with Crippen LogP contribution in [0, 0.1) is 0 Å². The zero-order valence-corrected chi connectivity index (χ0v) is 39.3. The highest BCUT2D eigenvalue weighted by Crippen LogP contribution is 2.64. The average molecular weight is 916 g/mol. The maximum absolute atomic E-state index is 7.23. The second-order valence-electron chi connectivity index (χ2n) is 19.5. The van der Waals surface area contributed by atoms with Crippen molar-refractivity contribution in [3.8, 4) is 44.9 Å². The van der Waals surface area contributed by atoms with Crippen LogP contribution in [0.2, 0.25) is 0 Å². The van der Waals surface area contributed by atoms with Crippen LogP contribution in [0.25, 0.3) is 54.9 Å². The molecule has 1 heterocycles. The fraction of sp³-hybridized carbons (Fsp3) is 0.0286. The Labute approximate surface area is 419 Å². The summed E-state index contributed by atoms with van der Waals surface area (Å²) in [5.74, 6) is 1.85. The first kappa shape index (κ1) is 40.6. The van der Waals surface area contributed by atoms with Crippen LogP contribution in [0.3, 0.4) is 0 Å². The van der Waals surface area contributed by atoms with Crippen molar-refractivity contribution in [1.82, 2.24) is 0 Å². The van der Waals surface area contributed by atoms with Crippen molar-refractivity contribution in [2.75, 3.05) is 4.90 Å². The van der Waals surface area contributed by atoms with Crippen molar-refractivity contribution in [1.29, 1.82) is 0 Å². The lowest BCUT2D eigenvalue weighted by molar-refractivity contribution is 0.447. The van der Waals surface area contributed by atoms with Gasteiger partial charge in [-0.3, -0.25) is 0 Å². The Morgan fingerprint density at radius 1 is 0.264 bits per heavy atom. The molecule has 0 amide bonds. The minimum absolute atomic E-state index is 0.460. The number of nitrogens with zero attached hydrogens (tertiary/aromatic N) is 1. The Morgan fingerprint density at radius 3 is 1.33 bits per heavy atom. The van der Waals surface area contributed by atoms with E-state index in [4.69, 9.17) is 4.74 Å². The standard InChI is InChI=1S/C70H45NO/c1-4-20-50(21-5-1)69(51-22-6-2-7-23-51)61-30-16-15-29-58(61)60-45-54(39-43-63(60)69)71(52-24-8-3-9-25-52)53-37-32-46(33-38-53)49-34-40-59-57-28-14-17-31-62(57)70(66(59)44-49)64-41-35-47-18-10-12-26-55(47)67(64)72-68-56-27-13-11-19-48(56)36-42-65(68)70/h1-45H. The van der Waals surface area contributed by atoms with Gasteiger partial charge in [0.25, 0.3) is 0 Å². The number of fused-ring (bicyclic) bond motifs is 16. The van der Waals surface area contributed by atoms with Gasteiger partial charge < -0.3 is 9.64 Å². The van der Waals surface area contributed by atoms with Gasteiger partial charge in [-0.1, -0.05) is 231 Å². The molecule has 2 heteroatoms. The summed E-state index contributed by atoms with van der Waals surface area (Å²) in [7, 11) is 0. The molecule has 0 N–H and O–H groups in total. The van der Waals surface area contributed by atoms with Crippen LogP contribution in [0.5, 0.6) is 11.5 Å². The van der Waals surface area contributed by atoms with E-state index < -0.39 is 10.8 Å². The molecule has 0 radical (unpaired) electrons. The third-order valence-electron chi connectivity index (χ3n) is 16.0. The first-order valence-electron chi connectivity index (χ1n) is 25.0. The first-order valence-corrected chi connectivity index (χ1v) is 25.0. The molecule has 15 rings (SSSR count). The van der Waals surface area contributed by atoms with Crippen molar-refractivity contribution >= 4 is 38.6 Å². The Bertz CT molecular complexity index is 4000. The van der Waals surface area contributed by atoms with Crippen LogP contribution in [0.15, 0.2) is 273 Å². The second-order valence-corrected chi connectivity index (χ2v) is 19.5. The van der Waals surface area contributed by atoms with Gasteiger partial charge >= 0.3 is 0 Å². The van der Waals surface area contributed by atoms with Gasteiger partial charge in [0.05, 0.1) is 10.8 Å². The smallest absolute Gasteiger partial charge is 0.140 e. The van der Waals surface area contributed by atoms with E-state index in [1.807, 2.05) is 0 Å². The lowest BCUT2D eigenvalue weighted by atomic mass is 9.65. The molecule has 0 saturated carbocycles. The van der Waals surface area contributed by atoms with Gasteiger partial charge in [-0.2, -0.15) is 0 Å². The number of rotatable bonds is 6. The fourth-order valence-electron chi connectivity index (χ4n) is 13.0. The van der Waals surface area contributed by atoms with Crippen molar-refractivity contribution in [2.45, 2.75) is 10.8 Å².